The monoisotopic (exact) mass is 768 g/mol. The van der Waals surface area contributed by atoms with Gasteiger partial charge >= 0.3 is 0 Å². The molecule has 0 aliphatic rings. The maximum Gasteiger partial charge on any atom is 0.0893 e. The third kappa shape index (κ3) is 7.37. The molecule has 282 valence electrons. The van der Waals surface area contributed by atoms with Crippen molar-refractivity contribution in [2.45, 2.75) is 0 Å². The van der Waals surface area contributed by atoms with E-state index in [0.717, 1.165) is 101 Å². The molecule has 6 heterocycles. The molecule has 0 fully saturated rings. The fourth-order valence-corrected chi connectivity index (χ4v) is 7.69. The van der Waals surface area contributed by atoms with E-state index in [1.165, 1.54) is 0 Å². The lowest BCUT2D eigenvalue weighted by molar-refractivity contribution is 1.25. The van der Waals surface area contributed by atoms with Gasteiger partial charge in [-0.05, 0) is 124 Å². The van der Waals surface area contributed by atoms with E-state index in [4.69, 9.17) is 15.0 Å². The van der Waals surface area contributed by atoms with Crippen LogP contribution in [0.2, 0.25) is 0 Å². The van der Waals surface area contributed by atoms with Crippen LogP contribution in [-0.2, 0) is 0 Å². The summed E-state index contributed by atoms with van der Waals surface area (Å²) in [5.74, 6) is 0. The molecule has 6 heteroatoms. The summed E-state index contributed by atoms with van der Waals surface area (Å²) < 4.78 is 0. The average molecular weight is 769 g/mol. The zero-order valence-electron chi connectivity index (χ0n) is 32.5. The molecule has 10 rings (SSSR count). The van der Waals surface area contributed by atoms with Gasteiger partial charge in [0.2, 0.25) is 0 Å². The minimum absolute atomic E-state index is 0.820. The molecule has 0 aliphatic heterocycles. The molecule has 0 unspecified atom stereocenters. The van der Waals surface area contributed by atoms with Crippen LogP contribution in [0.3, 0.4) is 0 Å². The fourth-order valence-electron chi connectivity index (χ4n) is 7.69. The van der Waals surface area contributed by atoms with Crippen LogP contribution in [0.5, 0.6) is 0 Å². The van der Waals surface area contributed by atoms with Gasteiger partial charge in [-0.15, -0.1) is 0 Å². The summed E-state index contributed by atoms with van der Waals surface area (Å²) in [6.45, 7) is 0. The van der Waals surface area contributed by atoms with E-state index < -0.39 is 0 Å². The van der Waals surface area contributed by atoms with Crippen molar-refractivity contribution in [3.05, 3.63) is 219 Å². The minimum Gasteiger partial charge on any atom is -0.255 e. The molecule has 0 bridgehead atoms. The molecule has 60 heavy (non-hydrogen) atoms. The Morgan fingerprint density at radius 3 is 0.733 bits per heavy atom. The van der Waals surface area contributed by atoms with Crippen LogP contribution >= 0.6 is 0 Å². The number of benzene rings is 4. The van der Waals surface area contributed by atoms with Gasteiger partial charge in [0.15, 0.2) is 0 Å². The van der Waals surface area contributed by atoms with Crippen molar-refractivity contribution in [2.24, 2.45) is 0 Å². The summed E-state index contributed by atoms with van der Waals surface area (Å²) >= 11 is 0. The smallest absolute Gasteiger partial charge is 0.0893 e. The van der Waals surface area contributed by atoms with Crippen molar-refractivity contribution in [1.82, 2.24) is 29.9 Å². The Morgan fingerprint density at radius 2 is 0.450 bits per heavy atom. The van der Waals surface area contributed by atoms with E-state index in [1.54, 1.807) is 18.6 Å². The maximum absolute atomic E-state index is 5.15. The Bertz CT molecular complexity index is 2750. The Hall–Kier alpha value is -8.22. The third-order valence-electron chi connectivity index (χ3n) is 10.5. The quantitative estimate of drug-likeness (QED) is 0.145. The van der Waals surface area contributed by atoms with Gasteiger partial charge in [-0.3, -0.25) is 15.0 Å². The van der Waals surface area contributed by atoms with Crippen LogP contribution in [-0.4, -0.2) is 29.9 Å². The summed E-state index contributed by atoms with van der Waals surface area (Å²) in [6, 6.07) is 68.4. The Balaban J connectivity index is 1.17. The largest absolute Gasteiger partial charge is 0.255 e. The first kappa shape index (κ1) is 36.1. The highest BCUT2D eigenvalue weighted by atomic mass is 14.8. The fraction of sp³-hybridized carbons (Fsp3) is 0. The van der Waals surface area contributed by atoms with E-state index in [9.17, 15) is 0 Å². The molecule has 0 spiro atoms. The summed E-state index contributed by atoms with van der Waals surface area (Å²) in [5, 5.41) is 0. The highest BCUT2D eigenvalue weighted by Crippen LogP contribution is 2.42. The molecule has 10 aromatic rings. The third-order valence-corrected chi connectivity index (χ3v) is 10.5. The van der Waals surface area contributed by atoms with Crippen LogP contribution in [0.25, 0.3) is 101 Å². The number of pyridine rings is 6. The first-order valence-electron chi connectivity index (χ1n) is 19.8. The van der Waals surface area contributed by atoms with Crippen molar-refractivity contribution >= 4 is 0 Å². The predicted octanol–water partition coefficient (Wildman–Crippen LogP) is 13.1. The van der Waals surface area contributed by atoms with Gasteiger partial charge in [0.1, 0.15) is 0 Å². The second-order valence-corrected chi connectivity index (χ2v) is 14.3. The molecule has 6 aromatic heterocycles. The molecule has 0 saturated carbocycles. The molecule has 0 amide bonds. The Morgan fingerprint density at radius 1 is 0.200 bits per heavy atom. The van der Waals surface area contributed by atoms with Gasteiger partial charge in [-0.2, -0.15) is 0 Å². The average Bonchev–Trinajstić information content (AvgIpc) is 3.35. The Labute approximate surface area is 348 Å². The molecule has 0 atom stereocenters. The van der Waals surface area contributed by atoms with Crippen molar-refractivity contribution in [3.8, 4) is 101 Å². The first-order valence-corrected chi connectivity index (χ1v) is 19.8. The van der Waals surface area contributed by atoms with Gasteiger partial charge in [-0.25, -0.2) is 15.0 Å². The molecular weight excluding hydrogens is 733 g/mol. The number of nitrogens with zero attached hydrogens (tertiary/aromatic N) is 6. The van der Waals surface area contributed by atoms with E-state index in [2.05, 4.69) is 142 Å². The molecular formula is C54H36N6. The lowest BCUT2D eigenvalue weighted by Crippen LogP contribution is -1.95. The van der Waals surface area contributed by atoms with Crippen molar-refractivity contribution < 1.29 is 0 Å². The predicted molar refractivity (Wildman–Crippen MR) is 242 cm³/mol. The highest BCUT2D eigenvalue weighted by molar-refractivity contribution is 5.93. The zero-order chi connectivity index (χ0) is 40.1. The van der Waals surface area contributed by atoms with Gasteiger partial charge in [0, 0.05) is 35.3 Å². The Kier molecular flexibility index (Phi) is 9.84. The second-order valence-electron chi connectivity index (χ2n) is 14.3. The minimum atomic E-state index is 0.820. The molecule has 0 N–H and O–H groups in total. The van der Waals surface area contributed by atoms with Crippen LogP contribution in [0, 0.1) is 0 Å². The van der Waals surface area contributed by atoms with Gasteiger partial charge < -0.3 is 0 Å². The van der Waals surface area contributed by atoms with E-state index >= 15 is 0 Å². The lowest BCUT2D eigenvalue weighted by atomic mass is 9.87. The van der Waals surface area contributed by atoms with Gasteiger partial charge in [0.25, 0.3) is 0 Å². The lowest BCUT2D eigenvalue weighted by Gasteiger charge is -2.18. The van der Waals surface area contributed by atoms with Crippen molar-refractivity contribution in [2.75, 3.05) is 0 Å². The first-order chi connectivity index (χ1) is 29.7. The zero-order valence-corrected chi connectivity index (χ0v) is 32.5. The van der Waals surface area contributed by atoms with Crippen LogP contribution in [0.15, 0.2) is 219 Å². The van der Waals surface area contributed by atoms with Gasteiger partial charge in [0.05, 0.1) is 51.2 Å². The molecule has 0 aliphatic carbocycles. The molecule has 0 radical (unpaired) electrons. The standard InChI is InChI=1S/C54H36N6/c1-4-19-43(46-25-13-28-52(58-46)49-22-7-10-31-55-49)40(16-1)37-34-38(41-17-2-5-20-44(41)47-26-14-29-53(59-47)50-23-8-11-32-56-50)36-39(35-37)42-18-3-6-21-45(42)48-27-15-30-54(60-48)51-24-9-12-33-57-51/h1-36H. The SMILES string of the molecule is c1ccc(-c2cccc(-c3ccccc3-c3cc(-c4ccccc4-c4cccc(-c5ccccn5)n4)cc(-c4ccccc4-c4cccc(-c5ccccn5)n4)c3)n2)nc1. The number of hydrogen-bond donors (Lipinski definition) is 0. The number of hydrogen-bond acceptors (Lipinski definition) is 6. The van der Waals surface area contributed by atoms with E-state index in [1.807, 2.05) is 72.8 Å². The van der Waals surface area contributed by atoms with E-state index in [-0.39, 0.29) is 0 Å². The second kappa shape index (κ2) is 16.3. The van der Waals surface area contributed by atoms with E-state index in [0.29, 0.717) is 0 Å². The van der Waals surface area contributed by atoms with Crippen LogP contribution < -0.4 is 0 Å². The van der Waals surface area contributed by atoms with Crippen LogP contribution in [0.4, 0.5) is 0 Å². The van der Waals surface area contributed by atoms with Crippen molar-refractivity contribution in [3.63, 3.8) is 0 Å². The summed E-state index contributed by atoms with van der Waals surface area (Å²) in [4.78, 5) is 29.2. The topological polar surface area (TPSA) is 77.3 Å². The normalized spacial score (nSPS) is 11.0. The molecule has 0 saturated heterocycles. The molecule has 6 nitrogen and oxygen atoms in total. The summed E-state index contributed by atoms with van der Waals surface area (Å²) in [7, 11) is 0. The summed E-state index contributed by atoms with van der Waals surface area (Å²) in [6.07, 6.45) is 5.40. The molecule has 4 aromatic carbocycles. The number of aromatic nitrogens is 6. The van der Waals surface area contributed by atoms with Crippen LogP contribution in [0.1, 0.15) is 0 Å². The summed E-state index contributed by atoms with van der Waals surface area (Å²) in [5.41, 5.74) is 17.0. The highest BCUT2D eigenvalue weighted by Gasteiger charge is 2.18. The van der Waals surface area contributed by atoms with Gasteiger partial charge in [-0.1, -0.05) is 109 Å². The number of rotatable bonds is 9. The maximum atomic E-state index is 5.15. The van der Waals surface area contributed by atoms with Crippen molar-refractivity contribution in [1.29, 1.82) is 0 Å².